The number of guanidine groups is 1. The predicted molar refractivity (Wildman–Crippen MR) is 103 cm³/mol. The van der Waals surface area contributed by atoms with Gasteiger partial charge in [-0.1, -0.05) is 13.8 Å². The lowest BCUT2D eigenvalue weighted by Crippen LogP contribution is -2.46. The maximum absolute atomic E-state index is 4.34. The van der Waals surface area contributed by atoms with E-state index in [4.69, 9.17) is 0 Å². The van der Waals surface area contributed by atoms with Gasteiger partial charge in [0.25, 0.3) is 0 Å². The molecule has 120 valence electrons. The number of nitrogens with zero attached hydrogens (tertiary/aromatic N) is 1. The molecule has 2 unspecified atom stereocenters. The first-order valence-corrected chi connectivity index (χ1v) is 9.01. The minimum Gasteiger partial charge on any atom is -0.356 e. The van der Waals surface area contributed by atoms with Crippen molar-refractivity contribution in [3.8, 4) is 0 Å². The Hall–Kier alpha value is 0.350. The molecule has 20 heavy (non-hydrogen) atoms. The maximum atomic E-state index is 4.34. The van der Waals surface area contributed by atoms with Gasteiger partial charge in [0.15, 0.2) is 5.96 Å². The second-order valence-electron chi connectivity index (χ2n) is 5.96. The Morgan fingerprint density at radius 2 is 1.80 bits per heavy atom. The van der Waals surface area contributed by atoms with Crippen molar-refractivity contribution in [1.82, 2.24) is 10.6 Å². The number of rotatable bonds is 6. The molecule has 0 aromatic heterocycles. The van der Waals surface area contributed by atoms with Crippen molar-refractivity contribution in [2.45, 2.75) is 52.0 Å². The Labute approximate surface area is 146 Å². The molecule has 2 atom stereocenters. The van der Waals surface area contributed by atoms with Crippen molar-refractivity contribution < 1.29 is 0 Å². The average molecular weight is 413 g/mol. The van der Waals surface area contributed by atoms with Crippen LogP contribution in [-0.4, -0.2) is 37.6 Å². The summed E-state index contributed by atoms with van der Waals surface area (Å²) in [5.74, 6) is 3.91. The first-order valence-electron chi connectivity index (χ1n) is 7.61. The molecule has 1 rings (SSSR count). The lowest BCUT2D eigenvalue weighted by Gasteiger charge is -2.32. The van der Waals surface area contributed by atoms with Crippen LogP contribution in [0.15, 0.2) is 4.99 Å². The molecule has 1 saturated carbocycles. The number of aliphatic imine (C=N–C) groups is 1. The van der Waals surface area contributed by atoms with E-state index < -0.39 is 0 Å². The Bertz CT molecular complexity index is 264. The number of thioether (sulfide) groups is 1. The number of nitrogens with one attached hydrogen (secondary N) is 2. The van der Waals surface area contributed by atoms with Crippen LogP contribution in [0.1, 0.15) is 46.0 Å². The molecular weight excluding hydrogens is 381 g/mol. The average Bonchev–Trinajstić information content (AvgIpc) is 2.36. The third-order valence-electron chi connectivity index (χ3n) is 3.81. The van der Waals surface area contributed by atoms with E-state index in [0.717, 1.165) is 24.3 Å². The number of halogens is 1. The van der Waals surface area contributed by atoms with Gasteiger partial charge in [-0.15, -0.1) is 24.0 Å². The molecule has 5 heteroatoms. The minimum absolute atomic E-state index is 0. The smallest absolute Gasteiger partial charge is 0.191 e. The quantitative estimate of drug-likeness (QED) is 0.302. The van der Waals surface area contributed by atoms with Gasteiger partial charge in [-0.2, -0.15) is 11.8 Å². The van der Waals surface area contributed by atoms with E-state index in [2.05, 4.69) is 35.7 Å². The zero-order valence-electron chi connectivity index (χ0n) is 13.4. The van der Waals surface area contributed by atoms with E-state index >= 15 is 0 Å². The standard InChI is InChI=1S/C15H31N3S.HI/c1-12-9-13(2)11-14(10-12)18-15(16-3)17-7-5-6-8-19-4;/h12-14H,5-11H2,1-4H3,(H2,16,17,18);1H. The molecule has 1 aliphatic carbocycles. The molecule has 3 nitrogen and oxygen atoms in total. The summed E-state index contributed by atoms with van der Waals surface area (Å²) in [6.45, 7) is 5.75. The highest BCUT2D eigenvalue weighted by atomic mass is 127. The van der Waals surface area contributed by atoms with Crippen LogP contribution in [0, 0.1) is 11.8 Å². The van der Waals surface area contributed by atoms with E-state index in [-0.39, 0.29) is 24.0 Å². The number of hydrogen-bond acceptors (Lipinski definition) is 2. The van der Waals surface area contributed by atoms with Crippen LogP contribution in [0.5, 0.6) is 0 Å². The first-order chi connectivity index (χ1) is 9.15. The van der Waals surface area contributed by atoms with Crippen molar-refractivity contribution in [2.24, 2.45) is 16.8 Å². The second-order valence-corrected chi connectivity index (χ2v) is 6.94. The Morgan fingerprint density at radius 1 is 1.15 bits per heavy atom. The summed E-state index contributed by atoms with van der Waals surface area (Å²) in [4.78, 5) is 4.34. The monoisotopic (exact) mass is 413 g/mol. The fourth-order valence-corrected chi connectivity index (χ4v) is 3.52. The summed E-state index contributed by atoms with van der Waals surface area (Å²) in [5.41, 5.74) is 0. The van der Waals surface area contributed by atoms with E-state index in [1.165, 1.54) is 37.9 Å². The van der Waals surface area contributed by atoms with Crippen molar-refractivity contribution in [1.29, 1.82) is 0 Å². The lowest BCUT2D eigenvalue weighted by molar-refractivity contribution is 0.255. The van der Waals surface area contributed by atoms with Gasteiger partial charge in [-0.05, 0) is 55.9 Å². The molecule has 0 saturated heterocycles. The molecule has 0 heterocycles. The van der Waals surface area contributed by atoms with Crippen molar-refractivity contribution in [3.63, 3.8) is 0 Å². The van der Waals surface area contributed by atoms with Gasteiger partial charge < -0.3 is 10.6 Å². The molecule has 0 aromatic carbocycles. The molecule has 0 amide bonds. The van der Waals surface area contributed by atoms with Crippen LogP contribution in [0.25, 0.3) is 0 Å². The van der Waals surface area contributed by atoms with Crippen molar-refractivity contribution in [2.75, 3.05) is 25.6 Å². The normalized spacial score (nSPS) is 26.8. The highest BCUT2D eigenvalue weighted by molar-refractivity contribution is 14.0. The van der Waals surface area contributed by atoms with Crippen LogP contribution < -0.4 is 10.6 Å². The summed E-state index contributed by atoms with van der Waals surface area (Å²) in [7, 11) is 1.87. The summed E-state index contributed by atoms with van der Waals surface area (Å²) in [5, 5.41) is 7.03. The molecule has 0 radical (unpaired) electrons. The van der Waals surface area contributed by atoms with Crippen LogP contribution in [-0.2, 0) is 0 Å². The van der Waals surface area contributed by atoms with E-state index in [9.17, 15) is 0 Å². The zero-order valence-corrected chi connectivity index (χ0v) is 16.6. The fourth-order valence-electron chi connectivity index (χ4n) is 3.03. The van der Waals surface area contributed by atoms with E-state index in [0.29, 0.717) is 6.04 Å². The van der Waals surface area contributed by atoms with Crippen LogP contribution in [0.3, 0.4) is 0 Å². The van der Waals surface area contributed by atoms with Crippen LogP contribution in [0.2, 0.25) is 0 Å². The van der Waals surface area contributed by atoms with Crippen molar-refractivity contribution >= 4 is 41.7 Å². The number of hydrogen-bond donors (Lipinski definition) is 2. The Morgan fingerprint density at radius 3 is 2.35 bits per heavy atom. The summed E-state index contributed by atoms with van der Waals surface area (Å²) in [6.07, 6.45) is 8.59. The molecule has 2 N–H and O–H groups in total. The van der Waals surface area contributed by atoms with Crippen LogP contribution in [0.4, 0.5) is 0 Å². The van der Waals surface area contributed by atoms with Gasteiger partial charge in [0.05, 0.1) is 0 Å². The molecule has 0 bridgehead atoms. The Kier molecular flexibility index (Phi) is 12.2. The lowest BCUT2D eigenvalue weighted by atomic mass is 9.80. The first kappa shape index (κ1) is 20.3. The Balaban J connectivity index is 0.00000361. The molecular formula is C15H32IN3S. The highest BCUT2D eigenvalue weighted by Gasteiger charge is 2.24. The van der Waals surface area contributed by atoms with Crippen molar-refractivity contribution in [3.05, 3.63) is 0 Å². The van der Waals surface area contributed by atoms with Gasteiger partial charge in [-0.3, -0.25) is 4.99 Å². The molecule has 0 spiro atoms. The number of unbranched alkanes of at least 4 members (excludes halogenated alkanes) is 1. The molecule has 1 aliphatic rings. The van der Waals surface area contributed by atoms with Gasteiger partial charge in [-0.25, -0.2) is 0 Å². The van der Waals surface area contributed by atoms with Crippen LogP contribution >= 0.6 is 35.7 Å². The third kappa shape index (κ3) is 8.60. The highest BCUT2D eigenvalue weighted by Crippen LogP contribution is 2.28. The topological polar surface area (TPSA) is 36.4 Å². The van der Waals surface area contributed by atoms with Gasteiger partial charge in [0.1, 0.15) is 0 Å². The third-order valence-corrected chi connectivity index (χ3v) is 4.51. The van der Waals surface area contributed by atoms with Gasteiger partial charge >= 0.3 is 0 Å². The second kappa shape index (κ2) is 12.0. The molecule has 1 fully saturated rings. The SMILES string of the molecule is CN=C(NCCCCSC)NC1CC(C)CC(C)C1.I. The summed E-state index contributed by atoms with van der Waals surface area (Å²) in [6, 6.07) is 0.594. The largest absolute Gasteiger partial charge is 0.356 e. The molecule has 0 aromatic rings. The predicted octanol–water partition coefficient (Wildman–Crippen LogP) is 3.74. The molecule has 0 aliphatic heterocycles. The maximum Gasteiger partial charge on any atom is 0.191 e. The summed E-state index contributed by atoms with van der Waals surface area (Å²) < 4.78 is 0. The van der Waals surface area contributed by atoms with E-state index in [1.807, 2.05) is 18.8 Å². The summed E-state index contributed by atoms with van der Waals surface area (Å²) >= 11 is 1.92. The van der Waals surface area contributed by atoms with Gasteiger partial charge in [0.2, 0.25) is 0 Å². The minimum atomic E-state index is 0. The van der Waals surface area contributed by atoms with Gasteiger partial charge in [0, 0.05) is 19.6 Å². The zero-order chi connectivity index (χ0) is 14.1. The van der Waals surface area contributed by atoms with E-state index in [1.54, 1.807) is 0 Å². The fraction of sp³-hybridized carbons (Fsp3) is 0.933.